The molecule has 0 atom stereocenters. The number of hydrogen-bond acceptors (Lipinski definition) is 4. The van der Waals surface area contributed by atoms with Gasteiger partial charge in [-0.2, -0.15) is 4.98 Å². The van der Waals surface area contributed by atoms with Crippen molar-refractivity contribution in [2.24, 2.45) is 0 Å². The van der Waals surface area contributed by atoms with Gasteiger partial charge in [-0.15, -0.1) is 0 Å². The van der Waals surface area contributed by atoms with Gasteiger partial charge in [0.2, 0.25) is 5.91 Å². The molecule has 0 aliphatic carbocycles. The number of benzene rings is 1. The molecule has 1 N–H and O–H groups in total. The number of piperazine rings is 1. The predicted octanol–water partition coefficient (Wildman–Crippen LogP) is 1.36. The molecule has 0 spiro atoms. The van der Waals surface area contributed by atoms with Crippen LogP contribution in [0.5, 0.6) is 0 Å². The Kier molecular flexibility index (Phi) is 4.88. The van der Waals surface area contributed by atoms with Gasteiger partial charge in [0.05, 0.1) is 5.69 Å². The Bertz CT molecular complexity index is 911. The van der Waals surface area contributed by atoms with Gasteiger partial charge < -0.3 is 14.8 Å². The summed E-state index contributed by atoms with van der Waals surface area (Å²) in [5, 5.41) is 0. The second-order valence-corrected chi connectivity index (χ2v) is 6.60. The van der Waals surface area contributed by atoms with Gasteiger partial charge in [0, 0.05) is 38.7 Å². The summed E-state index contributed by atoms with van der Waals surface area (Å²) in [5.74, 6) is -0.245. The molecule has 0 saturated carbocycles. The number of amides is 2. The van der Waals surface area contributed by atoms with Crippen molar-refractivity contribution in [3.8, 4) is 11.3 Å². The van der Waals surface area contributed by atoms with Crippen LogP contribution in [0.25, 0.3) is 11.3 Å². The maximum Gasteiger partial charge on any atom is 0.346 e. The van der Waals surface area contributed by atoms with E-state index < -0.39 is 5.69 Å². The van der Waals surface area contributed by atoms with Crippen LogP contribution < -0.4 is 5.69 Å². The monoisotopic (exact) mass is 354 g/mol. The van der Waals surface area contributed by atoms with Gasteiger partial charge in [-0.25, -0.2) is 4.79 Å². The fraction of sp³-hybridized carbons (Fsp3) is 0.368. The quantitative estimate of drug-likeness (QED) is 0.882. The minimum Gasteiger partial charge on any atom is -0.339 e. The van der Waals surface area contributed by atoms with E-state index in [9.17, 15) is 14.4 Å². The second kappa shape index (κ2) is 7.11. The minimum atomic E-state index is -0.547. The van der Waals surface area contributed by atoms with Crippen molar-refractivity contribution in [3.05, 3.63) is 51.6 Å². The second-order valence-electron chi connectivity index (χ2n) is 6.60. The Labute approximate surface area is 151 Å². The SMILES string of the molecule is CC(=O)N1CCN(C(=O)c2cc(-c3cc(C)ccc3C)nc(=O)[nH]2)CC1. The molecule has 1 aromatic carbocycles. The zero-order valence-corrected chi connectivity index (χ0v) is 15.2. The molecule has 2 aromatic rings. The fourth-order valence-electron chi connectivity index (χ4n) is 3.12. The van der Waals surface area contributed by atoms with Crippen molar-refractivity contribution in [1.82, 2.24) is 19.8 Å². The van der Waals surface area contributed by atoms with E-state index in [4.69, 9.17) is 0 Å². The van der Waals surface area contributed by atoms with Crippen molar-refractivity contribution in [3.63, 3.8) is 0 Å². The summed E-state index contributed by atoms with van der Waals surface area (Å²) in [6.45, 7) is 7.33. The maximum absolute atomic E-state index is 12.8. The van der Waals surface area contributed by atoms with Crippen LogP contribution in [0.3, 0.4) is 0 Å². The number of rotatable bonds is 2. The number of carbonyl (C=O) groups is 2. The van der Waals surface area contributed by atoms with E-state index in [1.165, 1.54) is 6.92 Å². The third-order valence-electron chi connectivity index (χ3n) is 4.66. The molecule has 0 bridgehead atoms. The number of nitrogens with one attached hydrogen (secondary N) is 1. The lowest BCUT2D eigenvalue weighted by atomic mass is 10.0. The van der Waals surface area contributed by atoms with E-state index in [0.29, 0.717) is 31.9 Å². The number of hydrogen-bond donors (Lipinski definition) is 1. The molecule has 1 aliphatic rings. The molecular weight excluding hydrogens is 332 g/mol. The van der Waals surface area contributed by atoms with Crippen molar-refractivity contribution in [2.75, 3.05) is 26.2 Å². The number of nitrogens with zero attached hydrogens (tertiary/aromatic N) is 3. The zero-order valence-electron chi connectivity index (χ0n) is 15.2. The van der Waals surface area contributed by atoms with Crippen molar-refractivity contribution >= 4 is 11.8 Å². The van der Waals surface area contributed by atoms with Crippen LogP contribution in [0.2, 0.25) is 0 Å². The standard InChI is InChI=1S/C19H22N4O3/c1-12-4-5-13(2)15(10-12)16-11-17(21-19(26)20-16)18(25)23-8-6-22(7-9-23)14(3)24/h4-5,10-11H,6-9H2,1-3H3,(H,20,21,26). The molecule has 0 unspecified atom stereocenters. The van der Waals surface area contributed by atoms with Gasteiger partial charge >= 0.3 is 5.69 Å². The van der Waals surface area contributed by atoms with Gasteiger partial charge in [0.1, 0.15) is 5.69 Å². The Hall–Kier alpha value is -2.96. The van der Waals surface area contributed by atoms with Gasteiger partial charge in [-0.1, -0.05) is 17.7 Å². The van der Waals surface area contributed by atoms with Crippen LogP contribution in [-0.2, 0) is 4.79 Å². The normalized spacial score (nSPS) is 14.4. The van der Waals surface area contributed by atoms with Crippen LogP contribution >= 0.6 is 0 Å². The van der Waals surface area contributed by atoms with Crippen molar-refractivity contribution < 1.29 is 9.59 Å². The first kappa shape index (κ1) is 17.8. The Balaban J connectivity index is 1.88. The summed E-state index contributed by atoms with van der Waals surface area (Å²) < 4.78 is 0. The minimum absolute atomic E-state index is 0.00614. The van der Waals surface area contributed by atoms with Gasteiger partial charge in [-0.05, 0) is 31.5 Å². The molecule has 2 heterocycles. The Morgan fingerprint density at radius 1 is 1.04 bits per heavy atom. The third-order valence-corrected chi connectivity index (χ3v) is 4.66. The van der Waals surface area contributed by atoms with Gasteiger partial charge in [0.25, 0.3) is 5.91 Å². The van der Waals surface area contributed by atoms with E-state index >= 15 is 0 Å². The average Bonchev–Trinajstić information content (AvgIpc) is 2.62. The first-order chi connectivity index (χ1) is 12.3. The highest BCUT2D eigenvalue weighted by Gasteiger charge is 2.24. The summed E-state index contributed by atoms with van der Waals surface area (Å²) >= 11 is 0. The number of aryl methyl sites for hydroxylation is 2. The summed E-state index contributed by atoms with van der Waals surface area (Å²) in [6.07, 6.45) is 0. The Morgan fingerprint density at radius 2 is 1.69 bits per heavy atom. The highest BCUT2D eigenvalue weighted by molar-refractivity contribution is 5.93. The fourth-order valence-corrected chi connectivity index (χ4v) is 3.12. The molecule has 7 nitrogen and oxygen atoms in total. The van der Waals surface area contributed by atoms with E-state index in [-0.39, 0.29) is 17.5 Å². The van der Waals surface area contributed by atoms with Gasteiger partial charge in [0.15, 0.2) is 0 Å². The molecule has 1 aliphatic heterocycles. The molecule has 1 fully saturated rings. The van der Waals surface area contributed by atoms with Crippen molar-refractivity contribution in [1.29, 1.82) is 0 Å². The van der Waals surface area contributed by atoms with E-state index in [1.54, 1.807) is 15.9 Å². The topological polar surface area (TPSA) is 86.4 Å². The van der Waals surface area contributed by atoms with Crippen LogP contribution in [-0.4, -0.2) is 57.8 Å². The van der Waals surface area contributed by atoms with Gasteiger partial charge in [-0.3, -0.25) is 9.59 Å². The van der Waals surface area contributed by atoms with Crippen molar-refractivity contribution in [2.45, 2.75) is 20.8 Å². The molecule has 3 rings (SSSR count). The van der Waals surface area contributed by atoms with E-state index in [1.807, 2.05) is 32.0 Å². The molecular formula is C19H22N4O3. The molecule has 1 aromatic heterocycles. The lowest BCUT2D eigenvalue weighted by molar-refractivity contribution is -0.130. The first-order valence-electron chi connectivity index (χ1n) is 8.59. The molecule has 0 radical (unpaired) electrons. The summed E-state index contributed by atoms with van der Waals surface area (Å²) in [7, 11) is 0. The van der Waals surface area contributed by atoms with Crippen LogP contribution in [0, 0.1) is 13.8 Å². The smallest absolute Gasteiger partial charge is 0.339 e. The summed E-state index contributed by atoms with van der Waals surface area (Å²) in [4.78, 5) is 46.2. The van der Waals surface area contributed by atoms with Crippen LogP contribution in [0.15, 0.2) is 29.1 Å². The lowest BCUT2D eigenvalue weighted by Gasteiger charge is -2.34. The summed E-state index contributed by atoms with van der Waals surface area (Å²) in [6, 6.07) is 7.54. The summed E-state index contributed by atoms with van der Waals surface area (Å²) in [5.41, 5.74) is 3.04. The molecule has 26 heavy (non-hydrogen) atoms. The van der Waals surface area contributed by atoms with E-state index in [0.717, 1.165) is 16.7 Å². The number of H-pyrrole nitrogens is 1. The molecule has 2 amide bonds. The third kappa shape index (κ3) is 3.66. The maximum atomic E-state index is 12.8. The number of aromatic amines is 1. The highest BCUT2D eigenvalue weighted by Crippen LogP contribution is 2.22. The average molecular weight is 354 g/mol. The molecule has 136 valence electrons. The molecule has 7 heteroatoms. The number of aromatic nitrogens is 2. The zero-order chi connectivity index (χ0) is 18.8. The van der Waals surface area contributed by atoms with E-state index in [2.05, 4.69) is 9.97 Å². The highest BCUT2D eigenvalue weighted by atomic mass is 16.2. The first-order valence-corrected chi connectivity index (χ1v) is 8.59. The largest absolute Gasteiger partial charge is 0.346 e. The Morgan fingerprint density at radius 3 is 2.35 bits per heavy atom. The predicted molar refractivity (Wildman–Crippen MR) is 97.9 cm³/mol. The van der Waals surface area contributed by atoms with Crippen LogP contribution in [0.1, 0.15) is 28.5 Å². The molecule has 1 saturated heterocycles. The lowest BCUT2D eigenvalue weighted by Crippen LogP contribution is -2.50. The number of carbonyl (C=O) groups excluding carboxylic acids is 2. The van der Waals surface area contributed by atoms with Crippen LogP contribution in [0.4, 0.5) is 0 Å².